The normalized spacial score (nSPS) is 41.5. The van der Waals surface area contributed by atoms with E-state index in [-0.39, 0.29) is 17.8 Å². The fraction of sp³-hybridized carbons (Fsp3) is 0.650. The van der Waals surface area contributed by atoms with E-state index < -0.39 is 6.10 Å². The molecule has 2 saturated carbocycles. The van der Waals surface area contributed by atoms with Crippen molar-refractivity contribution in [3.63, 3.8) is 0 Å². The van der Waals surface area contributed by atoms with Crippen molar-refractivity contribution in [2.75, 3.05) is 0 Å². The number of nitriles is 1. The molecule has 2 bridgehead atoms. The van der Waals surface area contributed by atoms with Gasteiger partial charge in [-0.2, -0.15) is 5.26 Å². The molecule has 0 spiro atoms. The average Bonchev–Trinajstić information content (AvgIpc) is 3.11. The molecule has 0 amide bonds. The van der Waals surface area contributed by atoms with Crippen molar-refractivity contribution in [3.8, 4) is 6.07 Å². The molecule has 0 radical (unpaired) electrons. The van der Waals surface area contributed by atoms with Crippen molar-refractivity contribution in [1.29, 1.82) is 5.26 Å². The van der Waals surface area contributed by atoms with E-state index in [1.807, 2.05) is 30.3 Å². The second-order valence-corrected chi connectivity index (χ2v) is 8.23. The van der Waals surface area contributed by atoms with E-state index in [4.69, 9.17) is 9.47 Å². The van der Waals surface area contributed by atoms with Gasteiger partial charge in [0, 0.05) is 6.42 Å². The molecule has 122 valence electrons. The van der Waals surface area contributed by atoms with Crippen LogP contribution in [0.5, 0.6) is 0 Å². The first-order valence-electron chi connectivity index (χ1n) is 8.73. The van der Waals surface area contributed by atoms with Crippen LogP contribution in [0.4, 0.5) is 0 Å². The molecule has 6 atom stereocenters. The monoisotopic (exact) mass is 311 g/mol. The number of fused-ring (bicyclic) bond motifs is 5. The number of hydrogen-bond donors (Lipinski definition) is 0. The van der Waals surface area contributed by atoms with Gasteiger partial charge < -0.3 is 9.47 Å². The van der Waals surface area contributed by atoms with E-state index in [0.717, 1.165) is 17.9 Å². The van der Waals surface area contributed by atoms with E-state index in [9.17, 15) is 5.26 Å². The quantitative estimate of drug-likeness (QED) is 0.828. The lowest BCUT2D eigenvalue weighted by Gasteiger charge is -2.38. The molecule has 3 aliphatic rings. The van der Waals surface area contributed by atoms with Crippen LogP contribution in [0, 0.1) is 34.0 Å². The van der Waals surface area contributed by atoms with Crippen molar-refractivity contribution in [3.05, 3.63) is 35.9 Å². The minimum atomic E-state index is -0.543. The smallest absolute Gasteiger partial charge is 0.172 e. The van der Waals surface area contributed by atoms with E-state index in [1.165, 1.54) is 12.8 Å². The summed E-state index contributed by atoms with van der Waals surface area (Å²) in [5.74, 6) is 1.31. The summed E-state index contributed by atoms with van der Waals surface area (Å²) in [5.41, 5.74) is 1.50. The van der Waals surface area contributed by atoms with Gasteiger partial charge in [0.15, 0.2) is 12.4 Å². The third-order valence-corrected chi connectivity index (χ3v) is 7.18. The molecule has 3 nitrogen and oxygen atoms in total. The molecule has 1 aromatic carbocycles. The lowest BCUT2D eigenvalue weighted by Crippen LogP contribution is -2.38. The summed E-state index contributed by atoms with van der Waals surface area (Å²) in [6.07, 6.45) is 2.99. The van der Waals surface area contributed by atoms with Crippen molar-refractivity contribution >= 4 is 0 Å². The van der Waals surface area contributed by atoms with Crippen LogP contribution >= 0.6 is 0 Å². The summed E-state index contributed by atoms with van der Waals surface area (Å²) in [6, 6.07) is 12.0. The van der Waals surface area contributed by atoms with Crippen LogP contribution < -0.4 is 0 Å². The molecule has 1 aliphatic heterocycles. The number of rotatable bonds is 3. The van der Waals surface area contributed by atoms with Gasteiger partial charge >= 0.3 is 0 Å². The van der Waals surface area contributed by atoms with E-state index in [2.05, 4.69) is 26.8 Å². The number of benzene rings is 1. The molecule has 0 aromatic heterocycles. The highest BCUT2D eigenvalue weighted by molar-refractivity contribution is 5.22. The summed E-state index contributed by atoms with van der Waals surface area (Å²) in [6.45, 7) is 7.20. The maximum Gasteiger partial charge on any atom is 0.172 e. The highest BCUT2D eigenvalue weighted by Crippen LogP contribution is 2.71. The lowest BCUT2D eigenvalue weighted by molar-refractivity contribution is -0.177. The third-order valence-electron chi connectivity index (χ3n) is 7.18. The zero-order valence-electron chi connectivity index (χ0n) is 14.2. The van der Waals surface area contributed by atoms with Crippen LogP contribution in [0.3, 0.4) is 0 Å². The maximum atomic E-state index is 9.46. The second-order valence-electron chi connectivity index (χ2n) is 8.23. The number of ether oxygens (including phenoxy) is 2. The van der Waals surface area contributed by atoms with Gasteiger partial charge in [0.1, 0.15) is 0 Å². The van der Waals surface area contributed by atoms with Gasteiger partial charge in [-0.15, -0.1) is 0 Å². The van der Waals surface area contributed by atoms with Gasteiger partial charge in [-0.05, 0) is 41.1 Å². The van der Waals surface area contributed by atoms with Crippen LogP contribution in [-0.4, -0.2) is 12.4 Å². The Balaban J connectivity index is 1.50. The van der Waals surface area contributed by atoms with Gasteiger partial charge in [-0.1, -0.05) is 51.1 Å². The molecule has 23 heavy (non-hydrogen) atoms. The van der Waals surface area contributed by atoms with Gasteiger partial charge in [0.05, 0.1) is 12.2 Å². The van der Waals surface area contributed by atoms with Crippen molar-refractivity contribution in [2.24, 2.45) is 22.7 Å². The average molecular weight is 311 g/mol. The topological polar surface area (TPSA) is 42.2 Å². The fourth-order valence-corrected chi connectivity index (χ4v) is 5.53. The summed E-state index contributed by atoms with van der Waals surface area (Å²) < 4.78 is 12.4. The molecule has 3 heteroatoms. The molecule has 4 rings (SSSR count). The lowest BCUT2D eigenvalue weighted by atomic mass is 9.70. The van der Waals surface area contributed by atoms with Gasteiger partial charge in [0.2, 0.25) is 0 Å². The number of hydrogen-bond acceptors (Lipinski definition) is 3. The maximum absolute atomic E-state index is 9.46. The molecule has 0 N–H and O–H groups in total. The first-order chi connectivity index (χ1) is 11.0. The standard InChI is InChI=1S/C20H25NO2/c1-19(2)15-9-10-20(19,3)18-14(15)11-17(23-18)22-16(12-21)13-7-5-4-6-8-13/h4-8,14-18H,9-11H2,1-3H3/t14-,15+,16-,17-,18-,20-/m0/s1. The minimum absolute atomic E-state index is 0.245. The minimum Gasteiger partial charge on any atom is -0.348 e. The van der Waals surface area contributed by atoms with E-state index in [0.29, 0.717) is 11.3 Å². The zero-order chi connectivity index (χ0) is 16.2. The Hall–Kier alpha value is -1.37. The van der Waals surface area contributed by atoms with Gasteiger partial charge in [-0.3, -0.25) is 0 Å². The molecule has 2 aliphatic carbocycles. The molecule has 0 unspecified atom stereocenters. The predicted octanol–water partition coefficient (Wildman–Crippen LogP) is 4.46. The van der Waals surface area contributed by atoms with Crippen LogP contribution in [0.2, 0.25) is 0 Å². The Morgan fingerprint density at radius 2 is 2.00 bits per heavy atom. The van der Waals surface area contributed by atoms with Crippen LogP contribution in [-0.2, 0) is 9.47 Å². The second kappa shape index (κ2) is 5.06. The van der Waals surface area contributed by atoms with Crippen molar-refractivity contribution in [1.82, 2.24) is 0 Å². The Bertz CT molecular complexity index is 635. The Morgan fingerprint density at radius 1 is 1.26 bits per heavy atom. The Kier molecular flexibility index (Phi) is 3.34. The first-order valence-corrected chi connectivity index (χ1v) is 8.73. The largest absolute Gasteiger partial charge is 0.348 e. The summed E-state index contributed by atoms with van der Waals surface area (Å²) in [7, 11) is 0. The van der Waals surface area contributed by atoms with Gasteiger partial charge in [-0.25, -0.2) is 0 Å². The molecule has 1 heterocycles. The van der Waals surface area contributed by atoms with Crippen LogP contribution in [0.1, 0.15) is 51.7 Å². The summed E-state index contributed by atoms with van der Waals surface area (Å²) in [5, 5.41) is 9.46. The van der Waals surface area contributed by atoms with Gasteiger partial charge in [0.25, 0.3) is 0 Å². The Morgan fingerprint density at radius 3 is 2.65 bits per heavy atom. The van der Waals surface area contributed by atoms with Crippen molar-refractivity contribution in [2.45, 2.75) is 58.5 Å². The molecular weight excluding hydrogens is 286 g/mol. The van der Waals surface area contributed by atoms with Crippen molar-refractivity contribution < 1.29 is 9.47 Å². The van der Waals surface area contributed by atoms with Crippen LogP contribution in [0.15, 0.2) is 30.3 Å². The third kappa shape index (κ3) is 2.01. The Labute approximate surface area is 138 Å². The van der Waals surface area contributed by atoms with E-state index in [1.54, 1.807) is 0 Å². The van der Waals surface area contributed by atoms with Crippen LogP contribution in [0.25, 0.3) is 0 Å². The molecule has 1 saturated heterocycles. The summed E-state index contributed by atoms with van der Waals surface area (Å²) in [4.78, 5) is 0. The highest BCUT2D eigenvalue weighted by atomic mass is 16.7. The zero-order valence-corrected chi connectivity index (χ0v) is 14.2. The molecule has 3 fully saturated rings. The highest BCUT2D eigenvalue weighted by Gasteiger charge is 2.69. The first kappa shape index (κ1) is 15.2. The SMILES string of the molecule is CC1(C)[C@@H]2CC[C@@]1(C)[C@H]1O[C@H](O[C@@H](C#N)c3ccccc3)C[C@@H]21. The number of nitrogens with zero attached hydrogens (tertiary/aromatic N) is 1. The molecule has 1 aromatic rings. The summed E-state index contributed by atoms with van der Waals surface area (Å²) >= 11 is 0. The fourth-order valence-electron chi connectivity index (χ4n) is 5.53. The molecular formula is C20H25NO2. The van der Waals surface area contributed by atoms with E-state index >= 15 is 0 Å². The predicted molar refractivity (Wildman–Crippen MR) is 87.3 cm³/mol.